The Hall–Kier alpha value is -2.15. The van der Waals surface area contributed by atoms with E-state index >= 15 is 0 Å². The van der Waals surface area contributed by atoms with Crippen molar-refractivity contribution in [3.05, 3.63) is 33.9 Å². The lowest BCUT2D eigenvalue weighted by atomic mass is 10.1. The molecule has 0 radical (unpaired) electrons. The van der Waals surface area contributed by atoms with Crippen LogP contribution in [0.1, 0.15) is 16.8 Å². The second kappa shape index (κ2) is 5.23. The molecule has 1 aromatic rings. The standard InChI is InChI=1S/C12H15N3O4/c1-19-11-9(3-2-4-10(11)15(17)18)12(16)14-6-5-8(13)7-14/h2-4,8H,5-7,13H2,1H3/t8-/m1/s1. The van der Waals surface area contributed by atoms with Crippen LogP contribution in [-0.2, 0) is 0 Å². The summed E-state index contributed by atoms with van der Waals surface area (Å²) in [6.07, 6.45) is 0.739. The van der Waals surface area contributed by atoms with Crippen LogP contribution in [0.25, 0.3) is 0 Å². The second-order valence-corrected chi connectivity index (χ2v) is 4.41. The summed E-state index contributed by atoms with van der Waals surface area (Å²) in [5.41, 5.74) is 5.74. The Kier molecular flexibility index (Phi) is 3.66. The van der Waals surface area contributed by atoms with Crippen LogP contribution in [0.3, 0.4) is 0 Å². The summed E-state index contributed by atoms with van der Waals surface area (Å²) in [5.74, 6) is -0.286. The first-order valence-electron chi connectivity index (χ1n) is 5.91. The highest BCUT2D eigenvalue weighted by Crippen LogP contribution is 2.31. The van der Waals surface area contributed by atoms with Crippen LogP contribution in [0, 0.1) is 10.1 Å². The number of hydrogen-bond acceptors (Lipinski definition) is 5. The van der Waals surface area contributed by atoms with Gasteiger partial charge in [-0.3, -0.25) is 14.9 Å². The highest BCUT2D eigenvalue weighted by Gasteiger charge is 2.29. The van der Waals surface area contributed by atoms with Crippen molar-refractivity contribution in [3.8, 4) is 5.75 Å². The molecular formula is C12H15N3O4. The van der Waals surface area contributed by atoms with Crippen LogP contribution in [0.4, 0.5) is 5.69 Å². The zero-order valence-corrected chi connectivity index (χ0v) is 10.5. The van der Waals surface area contributed by atoms with Gasteiger partial charge >= 0.3 is 5.69 Å². The van der Waals surface area contributed by atoms with Crippen LogP contribution in [0.15, 0.2) is 18.2 Å². The van der Waals surface area contributed by atoms with Gasteiger partial charge in [0, 0.05) is 25.2 Å². The molecule has 0 aliphatic carbocycles. The number of likely N-dealkylation sites (tertiary alicyclic amines) is 1. The molecule has 7 heteroatoms. The summed E-state index contributed by atoms with van der Waals surface area (Å²) in [6.45, 7) is 1.02. The molecule has 1 saturated heterocycles. The number of amides is 1. The maximum Gasteiger partial charge on any atom is 0.311 e. The van der Waals surface area contributed by atoms with E-state index in [-0.39, 0.29) is 28.9 Å². The first kappa shape index (κ1) is 13.3. The van der Waals surface area contributed by atoms with Crippen LogP contribution in [0.2, 0.25) is 0 Å². The van der Waals surface area contributed by atoms with Crippen molar-refractivity contribution in [3.63, 3.8) is 0 Å². The van der Waals surface area contributed by atoms with Gasteiger partial charge in [0.1, 0.15) is 0 Å². The first-order valence-corrected chi connectivity index (χ1v) is 5.91. The van der Waals surface area contributed by atoms with Gasteiger partial charge in [-0.15, -0.1) is 0 Å². The van der Waals surface area contributed by atoms with Gasteiger partial charge in [0.2, 0.25) is 5.75 Å². The van der Waals surface area contributed by atoms with E-state index in [0.717, 1.165) is 6.42 Å². The Morgan fingerprint density at radius 2 is 2.32 bits per heavy atom. The molecule has 102 valence electrons. The number of nitro groups is 1. The summed E-state index contributed by atoms with van der Waals surface area (Å²) < 4.78 is 5.02. The topological polar surface area (TPSA) is 98.7 Å². The molecule has 0 saturated carbocycles. The van der Waals surface area contributed by atoms with E-state index in [1.807, 2.05) is 0 Å². The van der Waals surface area contributed by atoms with Gasteiger partial charge in [0.05, 0.1) is 17.6 Å². The summed E-state index contributed by atoms with van der Waals surface area (Å²) in [7, 11) is 1.31. The van der Waals surface area contributed by atoms with E-state index in [1.165, 1.54) is 25.3 Å². The smallest absolute Gasteiger partial charge is 0.311 e. The predicted molar refractivity (Wildman–Crippen MR) is 68.1 cm³/mol. The van der Waals surface area contributed by atoms with E-state index in [1.54, 1.807) is 4.90 Å². The van der Waals surface area contributed by atoms with E-state index in [2.05, 4.69) is 0 Å². The largest absolute Gasteiger partial charge is 0.490 e. The summed E-state index contributed by atoms with van der Waals surface area (Å²) in [5, 5.41) is 10.9. The van der Waals surface area contributed by atoms with Crippen LogP contribution >= 0.6 is 0 Å². The van der Waals surface area contributed by atoms with E-state index in [0.29, 0.717) is 13.1 Å². The van der Waals surface area contributed by atoms with Gasteiger partial charge in [-0.1, -0.05) is 6.07 Å². The highest BCUT2D eigenvalue weighted by molar-refractivity contribution is 5.98. The minimum atomic E-state index is -0.564. The molecule has 0 spiro atoms. The molecule has 1 aromatic carbocycles. The average molecular weight is 265 g/mol. The molecule has 2 N–H and O–H groups in total. The SMILES string of the molecule is COc1c(C(=O)N2CC[C@@H](N)C2)cccc1[N+](=O)[O-]. The monoisotopic (exact) mass is 265 g/mol. The predicted octanol–water partition coefficient (Wildman–Crippen LogP) is 0.777. The third kappa shape index (κ3) is 2.50. The molecule has 19 heavy (non-hydrogen) atoms. The van der Waals surface area contributed by atoms with Gasteiger partial charge in [-0.2, -0.15) is 0 Å². The quantitative estimate of drug-likeness (QED) is 0.643. The third-order valence-corrected chi connectivity index (χ3v) is 3.14. The number of nitro benzene ring substituents is 1. The molecule has 0 bridgehead atoms. The minimum Gasteiger partial charge on any atom is -0.490 e. The number of nitrogens with zero attached hydrogens (tertiary/aromatic N) is 2. The summed E-state index contributed by atoms with van der Waals surface area (Å²) >= 11 is 0. The highest BCUT2D eigenvalue weighted by atomic mass is 16.6. The molecule has 1 amide bonds. The molecule has 1 aliphatic heterocycles. The van der Waals surface area contributed by atoms with Crippen molar-refractivity contribution in [2.75, 3.05) is 20.2 Å². The molecular weight excluding hydrogens is 250 g/mol. The number of hydrogen-bond donors (Lipinski definition) is 1. The zero-order chi connectivity index (χ0) is 14.0. The summed E-state index contributed by atoms with van der Waals surface area (Å²) in [4.78, 5) is 24.2. The maximum absolute atomic E-state index is 12.3. The number of carbonyl (C=O) groups is 1. The number of ether oxygens (including phenoxy) is 1. The number of para-hydroxylation sites is 1. The van der Waals surface area contributed by atoms with Gasteiger partial charge in [0.15, 0.2) is 0 Å². The number of carbonyl (C=O) groups excluding carboxylic acids is 1. The third-order valence-electron chi connectivity index (χ3n) is 3.14. The number of methoxy groups -OCH3 is 1. The van der Waals surface area contributed by atoms with Crippen molar-refractivity contribution in [1.29, 1.82) is 0 Å². The Morgan fingerprint density at radius 1 is 1.58 bits per heavy atom. The average Bonchev–Trinajstić information content (AvgIpc) is 2.83. The second-order valence-electron chi connectivity index (χ2n) is 4.41. The van der Waals surface area contributed by atoms with Crippen molar-refractivity contribution in [2.24, 2.45) is 5.73 Å². The van der Waals surface area contributed by atoms with E-state index < -0.39 is 4.92 Å². The molecule has 7 nitrogen and oxygen atoms in total. The molecule has 2 rings (SSSR count). The number of rotatable bonds is 3. The Morgan fingerprint density at radius 3 is 2.84 bits per heavy atom. The van der Waals surface area contributed by atoms with Crippen LogP contribution in [0.5, 0.6) is 5.75 Å². The minimum absolute atomic E-state index is 0.00188. The van der Waals surface area contributed by atoms with E-state index in [9.17, 15) is 14.9 Å². The lowest BCUT2D eigenvalue weighted by Gasteiger charge is -2.17. The first-order chi connectivity index (χ1) is 9.04. The van der Waals surface area contributed by atoms with Gasteiger partial charge < -0.3 is 15.4 Å². The molecule has 1 fully saturated rings. The Bertz CT molecular complexity index is 518. The van der Waals surface area contributed by atoms with Crippen molar-refractivity contribution >= 4 is 11.6 Å². The van der Waals surface area contributed by atoms with Gasteiger partial charge in [0.25, 0.3) is 5.91 Å². The van der Waals surface area contributed by atoms with Crippen LogP contribution < -0.4 is 10.5 Å². The van der Waals surface area contributed by atoms with Gasteiger partial charge in [-0.05, 0) is 12.5 Å². The number of nitrogens with two attached hydrogens (primary N) is 1. The fraction of sp³-hybridized carbons (Fsp3) is 0.417. The van der Waals surface area contributed by atoms with Crippen molar-refractivity contribution in [2.45, 2.75) is 12.5 Å². The zero-order valence-electron chi connectivity index (χ0n) is 10.5. The molecule has 1 heterocycles. The molecule has 0 unspecified atom stereocenters. The van der Waals surface area contributed by atoms with Gasteiger partial charge in [-0.25, -0.2) is 0 Å². The van der Waals surface area contributed by atoms with E-state index in [4.69, 9.17) is 10.5 Å². The fourth-order valence-corrected chi connectivity index (χ4v) is 2.19. The Balaban J connectivity index is 2.36. The maximum atomic E-state index is 12.3. The van der Waals surface area contributed by atoms with Crippen LogP contribution in [-0.4, -0.2) is 42.0 Å². The number of benzene rings is 1. The summed E-state index contributed by atoms with van der Waals surface area (Å²) in [6, 6.07) is 4.28. The van der Waals surface area contributed by atoms with Crippen molar-refractivity contribution in [1.82, 2.24) is 4.90 Å². The normalized spacial score (nSPS) is 18.4. The fourth-order valence-electron chi connectivity index (χ4n) is 2.19. The molecule has 1 aliphatic rings. The molecule has 0 aromatic heterocycles. The molecule has 1 atom stereocenters. The lowest BCUT2D eigenvalue weighted by Crippen LogP contribution is -2.32. The van der Waals surface area contributed by atoms with Crippen molar-refractivity contribution < 1.29 is 14.5 Å². The Labute approximate surface area is 110 Å². The lowest BCUT2D eigenvalue weighted by molar-refractivity contribution is -0.385.